The monoisotopic (exact) mass is 1370 g/mol. The minimum absolute atomic E-state index is 0.000448. The molecule has 0 heterocycles. The average Bonchev–Trinajstić information content (AvgIpc) is 0.777. The van der Waals surface area contributed by atoms with Crippen molar-refractivity contribution in [2.24, 2.45) is 17.2 Å². The van der Waals surface area contributed by atoms with Gasteiger partial charge in [0, 0.05) is 44.9 Å². The van der Waals surface area contributed by atoms with Gasteiger partial charge in [0.1, 0.15) is 5.23 Å². The van der Waals surface area contributed by atoms with E-state index in [0.717, 1.165) is 113 Å². The van der Waals surface area contributed by atoms with Gasteiger partial charge in [0.05, 0.1) is 6.42 Å². The van der Waals surface area contributed by atoms with Gasteiger partial charge < -0.3 is 38.1 Å². The Hall–Kier alpha value is -4.41. The van der Waals surface area contributed by atoms with Gasteiger partial charge in [0.2, 0.25) is 6.10 Å². The minimum Gasteiger partial charge on any atom is -0.443 e. The number of carbonyl (C=O) groups excluding carboxylic acids is 10. The van der Waals surface area contributed by atoms with Gasteiger partial charge in [0.25, 0.3) is 17.2 Å². The number of carbonyl (C=O) groups is 10. The van der Waals surface area contributed by atoms with Gasteiger partial charge in [0.15, 0.2) is 0 Å². The number of hydroxylamine groups is 2. The van der Waals surface area contributed by atoms with Gasteiger partial charge in [-0.15, -0.1) is 0 Å². The Morgan fingerprint density at radius 3 is 0.989 bits per heavy atom. The highest BCUT2D eigenvalue weighted by Gasteiger charge is 2.66. The summed E-state index contributed by atoms with van der Waals surface area (Å²) in [4.78, 5) is 167. The predicted molar refractivity (Wildman–Crippen MR) is 355 cm³/mol. The third kappa shape index (κ3) is 37.6. The fraction of sp³-hybridized carbons (Fsp3) is 0.846. The second kappa shape index (κ2) is 52.8. The number of rotatable bonds is 58. The smallest absolute Gasteiger partial charge is 0.443 e. The molecule has 0 amide bonds. The van der Waals surface area contributed by atoms with E-state index >= 15 is 19.2 Å². The fourth-order valence-corrected chi connectivity index (χ4v) is 10.5. The number of nitrogens with two attached hydrogens (primary N) is 3. The maximum absolute atomic E-state index is 16.1. The zero-order valence-electron chi connectivity index (χ0n) is 57.1. The third-order valence-electron chi connectivity index (χ3n) is 14.7. The van der Waals surface area contributed by atoms with Crippen LogP contribution in [0.25, 0.3) is 0 Å². The van der Waals surface area contributed by atoms with Gasteiger partial charge in [-0.1, -0.05) is 189 Å². The average molecular weight is 1370 g/mol. The van der Waals surface area contributed by atoms with Crippen LogP contribution in [-0.2, 0) is 95.8 Å². The molecule has 0 saturated carbocycles. The first-order valence-electron chi connectivity index (χ1n) is 33.8. The van der Waals surface area contributed by atoms with Crippen LogP contribution < -0.4 is 17.2 Å². The summed E-state index contributed by atoms with van der Waals surface area (Å²) in [6, 6.07) is 0. The van der Waals surface area contributed by atoms with Crippen molar-refractivity contribution in [1.29, 1.82) is 0 Å². The van der Waals surface area contributed by atoms with Crippen LogP contribution in [0.4, 0.5) is 0 Å². The molecule has 4 unspecified atom stereocenters. The normalized spacial score (nSPS) is 14.2. The van der Waals surface area contributed by atoms with Gasteiger partial charge in [-0.3, -0.25) is 36.4 Å². The largest absolute Gasteiger partial charge is 0.489 e. The zero-order chi connectivity index (χ0) is 69.1. The van der Waals surface area contributed by atoms with Crippen LogP contribution in [0, 0.1) is 0 Å². The molecular weight excluding hydrogens is 1250 g/mol. The summed E-state index contributed by atoms with van der Waals surface area (Å²) < 4.78 is 35.0. The summed E-state index contributed by atoms with van der Waals surface area (Å²) in [7, 11) is 0. The molecule has 27 heteroatoms. The molecule has 0 fully saturated rings. The number of ether oxygens (including phenoxy) is 6. The Morgan fingerprint density at radius 2 is 0.652 bits per heavy atom. The molecule has 0 aromatic carbocycles. The van der Waals surface area contributed by atoms with Crippen LogP contribution in [0.5, 0.6) is 0 Å². The lowest BCUT2D eigenvalue weighted by atomic mass is 10.1. The van der Waals surface area contributed by atoms with Gasteiger partial charge in [-0.25, -0.2) is 38.5 Å². The number of nitrogens with zero attached hydrogens (tertiary/aromatic N) is 1. The summed E-state index contributed by atoms with van der Waals surface area (Å²) >= 11 is 3.44. The predicted octanol–water partition coefficient (Wildman–Crippen LogP) is 12.5. The lowest BCUT2D eigenvalue weighted by Crippen LogP contribution is -2.68. The highest BCUT2D eigenvalue weighted by molar-refractivity contribution is 7.99. The van der Waals surface area contributed by atoms with Crippen molar-refractivity contribution in [2.75, 3.05) is 36.0 Å². The van der Waals surface area contributed by atoms with Crippen LogP contribution in [0.15, 0.2) is 0 Å². The summed E-state index contributed by atoms with van der Waals surface area (Å²) in [5, 5.41) is -0.464. The van der Waals surface area contributed by atoms with Gasteiger partial charge >= 0.3 is 65.6 Å². The van der Waals surface area contributed by atoms with Crippen molar-refractivity contribution in [3.05, 3.63) is 0 Å². The zero-order valence-corrected chi connectivity index (χ0v) is 59.6. The van der Waals surface area contributed by atoms with Gasteiger partial charge in [-0.2, -0.15) is 35.3 Å². The molecule has 0 aromatic rings. The van der Waals surface area contributed by atoms with Crippen LogP contribution in [-0.4, -0.2) is 130 Å². The molecular formula is C65H116N4O20S3. The van der Waals surface area contributed by atoms with E-state index in [-0.39, 0.29) is 55.8 Å². The molecule has 0 aliphatic carbocycles. The molecule has 92 heavy (non-hydrogen) atoms. The summed E-state index contributed by atoms with van der Waals surface area (Å²) in [5.41, 5.74) is 11.5. The molecule has 534 valence electrons. The van der Waals surface area contributed by atoms with Crippen molar-refractivity contribution in [3.8, 4) is 0 Å². The molecule has 4 atom stereocenters. The van der Waals surface area contributed by atoms with Crippen LogP contribution in [0.3, 0.4) is 0 Å². The molecule has 24 nitrogen and oxygen atoms in total. The van der Waals surface area contributed by atoms with E-state index < -0.39 is 126 Å². The number of hydrogen-bond donors (Lipinski definition) is 3. The molecule has 0 spiro atoms. The van der Waals surface area contributed by atoms with Crippen molar-refractivity contribution in [2.45, 2.75) is 315 Å². The second-order valence-electron chi connectivity index (χ2n) is 23.2. The van der Waals surface area contributed by atoms with Gasteiger partial charge in [-0.05, 0) is 81.0 Å². The van der Waals surface area contributed by atoms with Crippen LogP contribution in [0.2, 0.25) is 0 Å². The van der Waals surface area contributed by atoms with E-state index in [4.69, 9.17) is 65.1 Å². The Bertz CT molecular complexity index is 2070. The highest BCUT2D eigenvalue weighted by atomic mass is 32.2. The summed E-state index contributed by atoms with van der Waals surface area (Å²) in [6.07, 6.45) is 18.1. The van der Waals surface area contributed by atoms with Crippen LogP contribution in [0.1, 0.15) is 286 Å². The molecule has 0 aromatic heterocycles. The maximum atomic E-state index is 16.1. The first-order valence-corrected chi connectivity index (χ1v) is 38.0. The summed E-state index contributed by atoms with van der Waals surface area (Å²) in [6.45, 7) is 11.9. The molecule has 0 aliphatic rings. The van der Waals surface area contributed by atoms with E-state index in [1.807, 2.05) is 41.5 Å². The molecule has 0 rings (SSSR count). The number of esters is 6. The highest BCUT2D eigenvalue weighted by Crippen LogP contribution is 2.34. The van der Waals surface area contributed by atoms with E-state index in [9.17, 15) is 28.8 Å². The lowest BCUT2D eigenvalue weighted by Gasteiger charge is -2.40. The van der Waals surface area contributed by atoms with Crippen molar-refractivity contribution >= 4 is 95.0 Å². The van der Waals surface area contributed by atoms with E-state index in [0.29, 0.717) is 83.5 Å². The SMILES string of the molecule is CCCCCCCC(=O)OOC(=O)C(CCCCCC)OC(=O)C(OC(=O)C(N)(CCSC)OC(=O)CCCCCCC)(OC(=O)C(N)(CCSC)OC(=O)CCCCCCC)N(OC(=O)CCCCCCC)OC(=O)C(N)(CCSC)OC(=O)CCCCCCC. The van der Waals surface area contributed by atoms with Crippen LogP contribution >= 0.6 is 35.3 Å². The molecule has 0 aliphatic heterocycles. The first kappa shape index (κ1) is 87.6. The summed E-state index contributed by atoms with van der Waals surface area (Å²) in [5.74, 6) is -19.2. The molecule has 0 radical (unpaired) electrons. The van der Waals surface area contributed by atoms with Crippen molar-refractivity contribution < 1.29 is 95.8 Å². The maximum Gasteiger partial charge on any atom is 0.489 e. The number of hydrogen-bond acceptors (Lipinski definition) is 27. The Labute approximate surface area is 561 Å². The number of unbranched alkanes of at least 4 members (excludes halogenated alkanes) is 23. The molecule has 6 N–H and O–H groups in total. The van der Waals surface area contributed by atoms with E-state index in [2.05, 4.69) is 0 Å². The minimum atomic E-state index is -4.41. The first-order chi connectivity index (χ1) is 44.0. The third-order valence-corrected chi connectivity index (χ3v) is 16.6. The molecule has 0 saturated heterocycles. The lowest BCUT2D eigenvalue weighted by molar-refractivity contribution is -0.459. The van der Waals surface area contributed by atoms with E-state index in [1.54, 1.807) is 18.8 Å². The Morgan fingerprint density at radius 1 is 0.348 bits per heavy atom. The fourth-order valence-electron chi connectivity index (χ4n) is 8.95. The second-order valence-corrected chi connectivity index (χ2v) is 26.2. The molecule has 0 bridgehead atoms. The quantitative estimate of drug-likeness (QED) is 0.0127. The topological polar surface area (TPSA) is 344 Å². The van der Waals surface area contributed by atoms with Crippen molar-refractivity contribution in [3.63, 3.8) is 0 Å². The number of thioether (sulfide) groups is 3. The van der Waals surface area contributed by atoms with E-state index in [1.165, 1.54) is 11.8 Å². The Balaban J connectivity index is 9.23. The standard InChI is InChI=1S/C65H116N4O20S3/c1-10-16-22-28-34-40-52(70)81-62(66,45-48-90-7)58(76)84-65(85-59(77)63(67,46-49-91-8)82-53(71)41-35-29-23-17-11-2,61(79)80-51(39-33-27-21-15-6)57(75)89-88-56(74)44-38-32-26-20-14-5)69(86-55(73)43-37-31-25-19-13-4)87-60(78)64(68,47-50-92-9)83-54(72)42-36-30-24-18-12-3/h51H,10-50,66-68H2,1-9H3. The van der Waals surface area contributed by atoms with Crippen molar-refractivity contribution in [1.82, 2.24) is 5.23 Å². The Kier molecular flexibility index (Phi) is 50.3.